The van der Waals surface area contributed by atoms with E-state index in [-0.39, 0.29) is 17.6 Å². The van der Waals surface area contributed by atoms with Gasteiger partial charge in [0.1, 0.15) is 0 Å². The first-order chi connectivity index (χ1) is 9.07. The highest BCUT2D eigenvalue weighted by Crippen LogP contribution is 2.28. The maximum absolute atomic E-state index is 11.6. The first-order valence-corrected chi connectivity index (χ1v) is 9.09. The molecule has 5 nitrogen and oxygen atoms in total. The number of fused-ring (bicyclic) bond motifs is 1. The van der Waals surface area contributed by atoms with Crippen LogP contribution in [-0.4, -0.2) is 35.9 Å². The van der Waals surface area contributed by atoms with Gasteiger partial charge in [0.2, 0.25) is 0 Å². The average Bonchev–Trinajstić information content (AvgIpc) is 2.99. The molecule has 0 bridgehead atoms. The molecule has 2 unspecified atom stereocenters. The Kier molecular flexibility index (Phi) is 3.36. The Labute approximate surface area is 116 Å². The molecule has 2 aromatic rings. The summed E-state index contributed by atoms with van der Waals surface area (Å²) in [6.07, 6.45) is 5.50. The summed E-state index contributed by atoms with van der Waals surface area (Å²) >= 11 is 1.60. The summed E-state index contributed by atoms with van der Waals surface area (Å²) in [6.45, 7) is 0.519. The average molecular weight is 299 g/mol. The molecule has 3 rings (SSSR count). The molecule has 1 fully saturated rings. The minimum Gasteiger partial charge on any atom is -0.330 e. The van der Waals surface area contributed by atoms with Gasteiger partial charge in [-0.05, 0) is 31.2 Å². The Morgan fingerprint density at radius 2 is 2.42 bits per heavy atom. The normalized spacial score (nSPS) is 23.9. The molecule has 1 saturated heterocycles. The van der Waals surface area contributed by atoms with Crippen LogP contribution in [0.25, 0.3) is 4.96 Å². The number of imidazole rings is 1. The highest BCUT2D eigenvalue weighted by molar-refractivity contribution is 7.91. The third-order valence-corrected chi connectivity index (χ3v) is 6.42. The quantitative estimate of drug-likeness (QED) is 0.912. The summed E-state index contributed by atoms with van der Waals surface area (Å²) in [4.78, 5) is 5.52. The van der Waals surface area contributed by atoms with E-state index in [0.717, 1.165) is 23.5 Å². The Bertz CT molecular complexity index is 646. The number of rotatable bonds is 4. The van der Waals surface area contributed by atoms with E-state index in [0.29, 0.717) is 12.3 Å². The van der Waals surface area contributed by atoms with Crippen molar-refractivity contribution in [1.82, 2.24) is 9.38 Å². The molecular weight excluding hydrogens is 282 g/mol. The van der Waals surface area contributed by atoms with Crippen molar-refractivity contribution in [3.63, 3.8) is 0 Å². The number of hydrogen-bond donors (Lipinski definition) is 1. The lowest BCUT2D eigenvalue weighted by atomic mass is 9.88. The lowest BCUT2D eigenvalue weighted by Crippen LogP contribution is -2.26. The van der Waals surface area contributed by atoms with Crippen LogP contribution in [0, 0.1) is 11.8 Å². The highest BCUT2D eigenvalue weighted by atomic mass is 32.2. The predicted octanol–water partition coefficient (Wildman–Crippen LogP) is 0.948. The fraction of sp³-hybridized carbons (Fsp3) is 0.583. The molecule has 2 aromatic heterocycles. The van der Waals surface area contributed by atoms with Gasteiger partial charge in [-0.25, -0.2) is 13.4 Å². The van der Waals surface area contributed by atoms with E-state index in [4.69, 9.17) is 5.73 Å². The topological polar surface area (TPSA) is 77.5 Å². The zero-order valence-electron chi connectivity index (χ0n) is 10.5. The van der Waals surface area contributed by atoms with Crippen molar-refractivity contribution >= 4 is 26.1 Å². The molecule has 1 aliphatic rings. The molecule has 0 amide bonds. The lowest BCUT2D eigenvalue weighted by Gasteiger charge is -2.19. The Morgan fingerprint density at radius 3 is 3.05 bits per heavy atom. The number of thiazole rings is 1. The van der Waals surface area contributed by atoms with E-state index >= 15 is 0 Å². The number of sulfone groups is 1. The molecular formula is C12H17N3O2S2. The molecule has 3 heterocycles. The van der Waals surface area contributed by atoms with Gasteiger partial charge in [0.25, 0.3) is 0 Å². The summed E-state index contributed by atoms with van der Waals surface area (Å²) < 4.78 is 25.1. The van der Waals surface area contributed by atoms with Crippen LogP contribution in [0.4, 0.5) is 0 Å². The standard InChI is InChI=1S/C12H17N3O2S2/c13-6-10(9-1-4-19(16,17)8-9)5-11-7-15-2-3-18-12(15)14-11/h2-3,7,9-10H,1,4-6,8,13H2. The molecule has 7 heteroatoms. The van der Waals surface area contributed by atoms with Crippen LogP contribution in [0.2, 0.25) is 0 Å². The van der Waals surface area contributed by atoms with E-state index in [9.17, 15) is 8.42 Å². The van der Waals surface area contributed by atoms with E-state index in [1.165, 1.54) is 0 Å². The van der Waals surface area contributed by atoms with Crippen molar-refractivity contribution in [1.29, 1.82) is 0 Å². The minimum atomic E-state index is -2.84. The maximum Gasteiger partial charge on any atom is 0.193 e. The zero-order valence-corrected chi connectivity index (χ0v) is 12.2. The molecule has 0 radical (unpaired) electrons. The second-order valence-electron chi connectivity index (χ2n) is 5.19. The van der Waals surface area contributed by atoms with Crippen LogP contribution < -0.4 is 5.73 Å². The van der Waals surface area contributed by atoms with Crippen molar-refractivity contribution < 1.29 is 8.42 Å². The van der Waals surface area contributed by atoms with Gasteiger partial charge in [-0.2, -0.15) is 0 Å². The number of nitrogens with zero attached hydrogens (tertiary/aromatic N) is 2. The lowest BCUT2D eigenvalue weighted by molar-refractivity contribution is 0.368. The van der Waals surface area contributed by atoms with Crippen LogP contribution in [0.1, 0.15) is 12.1 Å². The smallest absolute Gasteiger partial charge is 0.193 e. The van der Waals surface area contributed by atoms with Gasteiger partial charge in [0.15, 0.2) is 14.8 Å². The minimum absolute atomic E-state index is 0.190. The van der Waals surface area contributed by atoms with Gasteiger partial charge in [-0.3, -0.25) is 4.40 Å². The van der Waals surface area contributed by atoms with Crippen LogP contribution in [0.3, 0.4) is 0 Å². The predicted molar refractivity (Wildman–Crippen MR) is 76.1 cm³/mol. The summed E-state index contributed by atoms with van der Waals surface area (Å²) in [7, 11) is -2.84. The number of aromatic nitrogens is 2. The van der Waals surface area contributed by atoms with E-state index < -0.39 is 9.84 Å². The molecule has 1 aliphatic heterocycles. The summed E-state index contributed by atoms with van der Waals surface area (Å²) in [5, 5.41) is 2.00. The Morgan fingerprint density at radius 1 is 1.58 bits per heavy atom. The SMILES string of the molecule is NCC(Cc1cn2ccsc2n1)C1CCS(=O)(=O)C1. The van der Waals surface area contributed by atoms with Gasteiger partial charge in [0.05, 0.1) is 17.2 Å². The van der Waals surface area contributed by atoms with Crippen molar-refractivity contribution in [2.24, 2.45) is 17.6 Å². The van der Waals surface area contributed by atoms with E-state index in [2.05, 4.69) is 4.98 Å². The fourth-order valence-electron chi connectivity index (χ4n) is 2.78. The largest absolute Gasteiger partial charge is 0.330 e. The second kappa shape index (κ2) is 4.88. The first kappa shape index (κ1) is 13.1. The number of hydrogen-bond acceptors (Lipinski definition) is 5. The van der Waals surface area contributed by atoms with Gasteiger partial charge < -0.3 is 5.73 Å². The molecule has 0 aromatic carbocycles. The molecule has 0 spiro atoms. The molecule has 104 valence electrons. The maximum atomic E-state index is 11.6. The molecule has 2 N–H and O–H groups in total. The molecule has 2 atom stereocenters. The van der Waals surface area contributed by atoms with Crippen LogP contribution in [0.15, 0.2) is 17.8 Å². The fourth-order valence-corrected chi connectivity index (χ4v) is 5.42. The van der Waals surface area contributed by atoms with E-state index in [1.54, 1.807) is 11.3 Å². The monoisotopic (exact) mass is 299 g/mol. The van der Waals surface area contributed by atoms with Crippen molar-refractivity contribution in [3.05, 3.63) is 23.5 Å². The van der Waals surface area contributed by atoms with Crippen LogP contribution in [-0.2, 0) is 16.3 Å². The molecule has 19 heavy (non-hydrogen) atoms. The third kappa shape index (κ3) is 2.68. The Hall–Kier alpha value is -0.920. The summed E-state index contributed by atoms with van der Waals surface area (Å²) in [5.41, 5.74) is 6.84. The molecule has 0 saturated carbocycles. The summed E-state index contributed by atoms with van der Waals surface area (Å²) in [6, 6.07) is 0. The van der Waals surface area contributed by atoms with Crippen molar-refractivity contribution in [2.45, 2.75) is 12.8 Å². The first-order valence-electron chi connectivity index (χ1n) is 6.39. The van der Waals surface area contributed by atoms with Gasteiger partial charge >= 0.3 is 0 Å². The van der Waals surface area contributed by atoms with Gasteiger partial charge in [0, 0.05) is 17.8 Å². The second-order valence-corrected chi connectivity index (χ2v) is 8.29. The van der Waals surface area contributed by atoms with Crippen LogP contribution in [0.5, 0.6) is 0 Å². The third-order valence-electron chi connectivity index (χ3n) is 3.85. The van der Waals surface area contributed by atoms with Gasteiger partial charge in [-0.15, -0.1) is 11.3 Å². The van der Waals surface area contributed by atoms with Crippen molar-refractivity contribution in [3.8, 4) is 0 Å². The highest BCUT2D eigenvalue weighted by Gasteiger charge is 2.33. The van der Waals surface area contributed by atoms with Crippen molar-refractivity contribution in [2.75, 3.05) is 18.1 Å². The number of nitrogens with two attached hydrogens (primary N) is 1. The van der Waals surface area contributed by atoms with Gasteiger partial charge in [-0.1, -0.05) is 0 Å². The Balaban J connectivity index is 1.75. The summed E-state index contributed by atoms with van der Waals surface area (Å²) in [5.74, 6) is 1.00. The zero-order chi connectivity index (χ0) is 13.5. The van der Waals surface area contributed by atoms with E-state index in [1.807, 2.05) is 22.2 Å². The van der Waals surface area contributed by atoms with Crippen LogP contribution >= 0.6 is 11.3 Å². The molecule has 0 aliphatic carbocycles.